The first-order chi connectivity index (χ1) is 12.0. The van der Waals surface area contributed by atoms with Crippen molar-refractivity contribution in [2.45, 2.75) is 26.2 Å². The molecular weight excluding hydrogens is 314 g/mol. The third-order valence-electron chi connectivity index (χ3n) is 4.75. The Hall–Kier alpha value is -2.89. The van der Waals surface area contributed by atoms with Crippen LogP contribution >= 0.6 is 0 Å². The van der Waals surface area contributed by atoms with E-state index in [4.69, 9.17) is 5.73 Å². The SMILES string of the molecule is Cc1cc(NC(=O)CC2CC2)ccc1-c1cn(C)c2ncnc(N)c12. The fourth-order valence-electron chi connectivity index (χ4n) is 3.28. The fraction of sp³-hybridized carbons (Fsp3) is 0.316. The van der Waals surface area contributed by atoms with Gasteiger partial charge in [-0.2, -0.15) is 0 Å². The summed E-state index contributed by atoms with van der Waals surface area (Å²) in [4.78, 5) is 20.5. The zero-order chi connectivity index (χ0) is 17.6. The summed E-state index contributed by atoms with van der Waals surface area (Å²) in [6, 6.07) is 5.95. The summed E-state index contributed by atoms with van der Waals surface area (Å²) >= 11 is 0. The molecule has 128 valence electrons. The standard InChI is InChI=1S/C19H21N5O/c1-11-7-13(23-16(25)8-12-3-4-12)5-6-14(11)15-9-24(2)19-17(15)18(20)21-10-22-19/h5-7,9-10,12H,3-4,8H2,1-2H3,(H,23,25)(H2,20,21,22). The highest BCUT2D eigenvalue weighted by atomic mass is 16.1. The summed E-state index contributed by atoms with van der Waals surface area (Å²) in [6.45, 7) is 2.03. The van der Waals surface area contributed by atoms with Gasteiger partial charge in [0.05, 0.1) is 5.39 Å². The van der Waals surface area contributed by atoms with E-state index in [-0.39, 0.29) is 5.91 Å². The number of hydrogen-bond acceptors (Lipinski definition) is 4. The molecule has 3 aromatic rings. The second kappa shape index (κ2) is 5.88. The minimum atomic E-state index is 0.0949. The van der Waals surface area contributed by atoms with E-state index in [9.17, 15) is 4.79 Å². The van der Waals surface area contributed by atoms with Crippen LogP contribution in [-0.2, 0) is 11.8 Å². The molecule has 1 aromatic carbocycles. The third-order valence-corrected chi connectivity index (χ3v) is 4.75. The monoisotopic (exact) mass is 335 g/mol. The number of benzene rings is 1. The lowest BCUT2D eigenvalue weighted by Gasteiger charge is -2.10. The number of nitrogen functional groups attached to an aromatic ring is 1. The largest absolute Gasteiger partial charge is 0.383 e. The molecule has 1 aliphatic carbocycles. The minimum absolute atomic E-state index is 0.0949. The molecule has 0 unspecified atom stereocenters. The van der Waals surface area contributed by atoms with Crippen molar-refractivity contribution in [3.8, 4) is 11.1 Å². The van der Waals surface area contributed by atoms with E-state index in [0.717, 1.165) is 33.4 Å². The van der Waals surface area contributed by atoms with E-state index in [1.54, 1.807) is 0 Å². The van der Waals surface area contributed by atoms with Gasteiger partial charge in [-0.05, 0) is 48.9 Å². The number of nitrogens with two attached hydrogens (primary N) is 1. The van der Waals surface area contributed by atoms with Crippen LogP contribution in [0.2, 0.25) is 0 Å². The van der Waals surface area contributed by atoms with Gasteiger partial charge in [-0.1, -0.05) is 6.07 Å². The summed E-state index contributed by atoms with van der Waals surface area (Å²) in [5, 5.41) is 3.85. The molecule has 0 bridgehead atoms. The smallest absolute Gasteiger partial charge is 0.224 e. The van der Waals surface area contributed by atoms with Crippen molar-refractivity contribution in [3.63, 3.8) is 0 Å². The van der Waals surface area contributed by atoms with E-state index in [0.29, 0.717) is 18.2 Å². The highest BCUT2D eigenvalue weighted by Gasteiger charge is 2.24. The van der Waals surface area contributed by atoms with Gasteiger partial charge < -0.3 is 15.6 Å². The molecule has 0 aliphatic heterocycles. The number of rotatable bonds is 4. The number of hydrogen-bond donors (Lipinski definition) is 2. The van der Waals surface area contributed by atoms with Crippen LogP contribution in [0.25, 0.3) is 22.2 Å². The number of amides is 1. The van der Waals surface area contributed by atoms with E-state index >= 15 is 0 Å². The zero-order valence-corrected chi connectivity index (χ0v) is 14.4. The summed E-state index contributed by atoms with van der Waals surface area (Å²) in [6.07, 6.45) is 6.47. The molecule has 1 amide bonds. The van der Waals surface area contributed by atoms with Crippen molar-refractivity contribution in [1.29, 1.82) is 0 Å². The number of aromatic nitrogens is 3. The normalized spacial score (nSPS) is 14.0. The Labute approximate surface area is 146 Å². The molecule has 2 heterocycles. The molecule has 3 N–H and O–H groups in total. The van der Waals surface area contributed by atoms with E-state index in [1.807, 2.05) is 42.9 Å². The van der Waals surface area contributed by atoms with Gasteiger partial charge in [0.2, 0.25) is 5.91 Å². The van der Waals surface area contributed by atoms with Gasteiger partial charge in [-0.25, -0.2) is 9.97 Å². The van der Waals surface area contributed by atoms with Gasteiger partial charge in [-0.3, -0.25) is 4.79 Å². The van der Waals surface area contributed by atoms with Gasteiger partial charge in [0, 0.05) is 30.9 Å². The number of aryl methyl sites for hydroxylation is 2. The summed E-state index contributed by atoms with van der Waals surface area (Å²) < 4.78 is 1.95. The van der Waals surface area contributed by atoms with Crippen molar-refractivity contribution in [2.24, 2.45) is 13.0 Å². The maximum Gasteiger partial charge on any atom is 0.224 e. The van der Waals surface area contributed by atoms with E-state index in [1.165, 1.54) is 19.2 Å². The first-order valence-corrected chi connectivity index (χ1v) is 8.49. The number of fused-ring (bicyclic) bond motifs is 1. The number of anilines is 2. The fourth-order valence-corrected chi connectivity index (χ4v) is 3.28. The minimum Gasteiger partial charge on any atom is -0.383 e. The Morgan fingerprint density at radius 2 is 2.12 bits per heavy atom. The lowest BCUT2D eigenvalue weighted by Crippen LogP contribution is -2.12. The van der Waals surface area contributed by atoms with E-state index in [2.05, 4.69) is 15.3 Å². The highest BCUT2D eigenvalue weighted by molar-refractivity contribution is 6.01. The first kappa shape index (κ1) is 15.6. The highest BCUT2D eigenvalue weighted by Crippen LogP contribution is 2.35. The van der Waals surface area contributed by atoms with E-state index < -0.39 is 0 Å². The van der Waals surface area contributed by atoms with Crippen LogP contribution < -0.4 is 11.1 Å². The second-order valence-corrected chi connectivity index (χ2v) is 6.84. The molecule has 6 nitrogen and oxygen atoms in total. The van der Waals surface area contributed by atoms with Crippen LogP contribution in [0.4, 0.5) is 11.5 Å². The second-order valence-electron chi connectivity index (χ2n) is 6.84. The Bertz CT molecular complexity index is 971. The number of nitrogens with zero attached hydrogens (tertiary/aromatic N) is 3. The first-order valence-electron chi connectivity index (χ1n) is 8.49. The summed E-state index contributed by atoms with van der Waals surface area (Å²) in [5.41, 5.74) is 10.9. The van der Waals surface area contributed by atoms with Gasteiger partial charge in [0.1, 0.15) is 17.8 Å². The Balaban J connectivity index is 1.68. The predicted molar refractivity (Wildman–Crippen MR) is 99.1 cm³/mol. The molecule has 1 aliphatic rings. The molecule has 25 heavy (non-hydrogen) atoms. The molecule has 1 saturated carbocycles. The van der Waals surface area contributed by atoms with Gasteiger partial charge >= 0.3 is 0 Å². The average molecular weight is 335 g/mol. The van der Waals surface area contributed by atoms with Crippen molar-refractivity contribution in [1.82, 2.24) is 14.5 Å². The van der Waals surface area contributed by atoms with Gasteiger partial charge in [0.15, 0.2) is 0 Å². The van der Waals surface area contributed by atoms with Gasteiger partial charge in [-0.15, -0.1) is 0 Å². The maximum absolute atomic E-state index is 12.0. The molecule has 2 aromatic heterocycles. The molecule has 0 spiro atoms. The van der Waals surface area contributed by atoms with Crippen molar-refractivity contribution < 1.29 is 4.79 Å². The van der Waals surface area contributed by atoms with Crippen molar-refractivity contribution >= 4 is 28.4 Å². The number of carbonyl (C=O) groups is 1. The van der Waals surface area contributed by atoms with Crippen LogP contribution in [0.15, 0.2) is 30.7 Å². The third kappa shape index (κ3) is 2.95. The molecule has 0 radical (unpaired) electrons. The predicted octanol–water partition coefficient (Wildman–Crippen LogP) is 3.26. The van der Waals surface area contributed by atoms with Crippen LogP contribution in [0.3, 0.4) is 0 Å². The number of nitrogens with one attached hydrogen (secondary N) is 1. The van der Waals surface area contributed by atoms with Gasteiger partial charge in [0.25, 0.3) is 0 Å². The Morgan fingerprint density at radius 3 is 2.84 bits per heavy atom. The Morgan fingerprint density at radius 1 is 1.32 bits per heavy atom. The molecule has 1 fully saturated rings. The Kier molecular flexibility index (Phi) is 3.67. The zero-order valence-electron chi connectivity index (χ0n) is 14.4. The molecule has 0 atom stereocenters. The summed E-state index contributed by atoms with van der Waals surface area (Å²) in [5.74, 6) is 1.15. The molecule has 0 saturated heterocycles. The molecule has 6 heteroatoms. The number of carbonyl (C=O) groups excluding carboxylic acids is 1. The van der Waals surface area contributed by atoms with Crippen molar-refractivity contribution in [3.05, 3.63) is 36.3 Å². The lowest BCUT2D eigenvalue weighted by atomic mass is 10.00. The van der Waals surface area contributed by atoms with Crippen LogP contribution in [0.5, 0.6) is 0 Å². The lowest BCUT2D eigenvalue weighted by molar-refractivity contribution is -0.116. The summed E-state index contributed by atoms with van der Waals surface area (Å²) in [7, 11) is 1.94. The quantitative estimate of drug-likeness (QED) is 0.766. The topological polar surface area (TPSA) is 85.8 Å². The van der Waals surface area contributed by atoms with Crippen molar-refractivity contribution in [2.75, 3.05) is 11.1 Å². The van der Waals surface area contributed by atoms with Crippen LogP contribution in [-0.4, -0.2) is 20.4 Å². The van der Waals surface area contributed by atoms with Crippen LogP contribution in [0.1, 0.15) is 24.8 Å². The molecule has 4 rings (SSSR count). The maximum atomic E-state index is 12.0. The van der Waals surface area contributed by atoms with Crippen LogP contribution in [0, 0.1) is 12.8 Å². The average Bonchev–Trinajstić information content (AvgIpc) is 3.30. The molecular formula is C19H21N5O.